The van der Waals surface area contributed by atoms with Gasteiger partial charge in [0.05, 0.1) is 25.4 Å². The molecule has 6 heteroatoms. The summed E-state index contributed by atoms with van der Waals surface area (Å²) in [6, 6.07) is -0.539. The fourth-order valence-electron chi connectivity index (χ4n) is 13.1. The number of amides is 1. The molecule has 0 aromatic carbocycles. The van der Waals surface area contributed by atoms with Gasteiger partial charge in [-0.25, -0.2) is 0 Å². The van der Waals surface area contributed by atoms with Crippen molar-refractivity contribution in [2.45, 2.75) is 475 Å². The minimum absolute atomic E-state index is 0.00867. The Kier molecular flexibility index (Phi) is 77.8. The lowest BCUT2D eigenvalue weighted by Gasteiger charge is -2.22. The number of hydrogen-bond acceptors (Lipinski definition) is 5. The normalized spacial score (nSPS) is 12.6. The molecule has 90 heavy (non-hydrogen) atoms. The number of ether oxygens (including phenoxy) is 1. The highest BCUT2D eigenvalue weighted by Crippen LogP contribution is 2.20. The minimum atomic E-state index is -0.663. The molecular weight excluding hydrogens is 1100 g/mol. The molecule has 0 aromatic heterocycles. The third-order valence-electron chi connectivity index (χ3n) is 19.4. The van der Waals surface area contributed by atoms with Crippen LogP contribution in [-0.2, 0) is 14.3 Å². The lowest BCUT2D eigenvalue weighted by Crippen LogP contribution is -2.45. The lowest BCUT2D eigenvalue weighted by atomic mass is 10.0. The van der Waals surface area contributed by atoms with Gasteiger partial charge in [-0.3, -0.25) is 9.59 Å². The van der Waals surface area contributed by atoms with Crippen molar-refractivity contribution in [2.24, 2.45) is 0 Å². The highest BCUT2D eigenvalue weighted by atomic mass is 16.5. The van der Waals surface area contributed by atoms with Gasteiger partial charge < -0.3 is 20.3 Å². The van der Waals surface area contributed by atoms with Crippen LogP contribution in [0.1, 0.15) is 463 Å². The number of hydrogen-bond donors (Lipinski definition) is 3. The predicted molar refractivity (Wildman–Crippen MR) is 398 cm³/mol. The molecule has 2 unspecified atom stereocenters. The molecule has 0 aliphatic rings. The van der Waals surface area contributed by atoms with E-state index >= 15 is 0 Å². The fourth-order valence-corrected chi connectivity index (χ4v) is 13.1. The Hall–Kier alpha value is -1.92. The van der Waals surface area contributed by atoms with Crippen molar-refractivity contribution >= 4 is 11.9 Å². The summed E-state index contributed by atoms with van der Waals surface area (Å²) in [4.78, 5) is 24.7. The third kappa shape index (κ3) is 75.1. The van der Waals surface area contributed by atoms with Crippen molar-refractivity contribution in [1.82, 2.24) is 5.32 Å². The van der Waals surface area contributed by atoms with E-state index < -0.39 is 12.1 Å². The second-order valence-electron chi connectivity index (χ2n) is 28.5. The standard InChI is InChI=1S/C84H161NO5/c1-3-5-7-9-11-13-15-17-19-21-22-42-45-48-52-56-60-64-68-72-76-82(87)81(80-86)85-83(88)77-73-69-65-61-57-53-49-46-43-40-38-36-34-32-30-28-26-24-23-25-27-29-31-33-35-37-39-41-44-47-51-55-59-63-67-71-75-79-90-84(89)78-74-70-66-62-58-54-50-20-18-16-14-12-10-8-6-4-2/h14,16,20,23,25,50,81-82,86-87H,3-13,15,17-19,21-22,24,26-49,51-80H2,1-2H3,(H,85,88)/b16-14-,25-23-,50-20-. The van der Waals surface area contributed by atoms with Gasteiger partial charge in [-0.1, -0.05) is 403 Å². The van der Waals surface area contributed by atoms with Gasteiger partial charge in [0.1, 0.15) is 0 Å². The Labute approximate surface area is 564 Å². The predicted octanol–water partition coefficient (Wildman–Crippen LogP) is 27.4. The molecule has 0 saturated carbocycles. The van der Waals surface area contributed by atoms with Gasteiger partial charge >= 0.3 is 5.97 Å². The second-order valence-corrected chi connectivity index (χ2v) is 28.5. The number of esters is 1. The van der Waals surface area contributed by atoms with E-state index in [-0.39, 0.29) is 18.5 Å². The van der Waals surface area contributed by atoms with E-state index in [2.05, 4.69) is 55.6 Å². The van der Waals surface area contributed by atoms with Gasteiger partial charge in [0.2, 0.25) is 5.91 Å². The maximum atomic E-state index is 12.6. The monoisotopic (exact) mass is 1260 g/mol. The van der Waals surface area contributed by atoms with Crippen LogP contribution in [0.25, 0.3) is 0 Å². The van der Waals surface area contributed by atoms with E-state index in [1.54, 1.807) is 0 Å². The first-order valence-corrected chi connectivity index (χ1v) is 41.2. The Morgan fingerprint density at radius 1 is 0.311 bits per heavy atom. The van der Waals surface area contributed by atoms with Crippen molar-refractivity contribution in [3.8, 4) is 0 Å². The Morgan fingerprint density at radius 3 is 0.867 bits per heavy atom. The molecule has 6 nitrogen and oxygen atoms in total. The van der Waals surface area contributed by atoms with Crippen LogP contribution in [-0.4, -0.2) is 47.4 Å². The maximum absolute atomic E-state index is 12.6. The van der Waals surface area contributed by atoms with E-state index in [1.807, 2.05) is 0 Å². The number of allylic oxidation sites excluding steroid dienone is 6. The molecule has 0 fully saturated rings. The SMILES string of the molecule is CCCCCC/C=C\C/C=C\CCCCCCCC(=O)OCCCCCCCCCCCCCCCCCC/C=C\CCCCCCCCCCCCCCCCCCCC(=O)NC(CO)C(O)CCCCCCCCCCCCCCCCCCCCCC. The van der Waals surface area contributed by atoms with Gasteiger partial charge in [-0.05, 0) is 83.5 Å². The van der Waals surface area contributed by atoms with E-state index in [9.17, 15) is 19.8 Å². The zero-order valence-electron chi connectivity index (χ0n) is 61.1. The molecule has 0 aliphatic heterocycles. The van der Waals surface area contributed by atoms with E-state index in [1.165, 1.54) is 379 Å². The molecule has 0 aromatic rings. The van der Waals surface area contributed by atoms with E-state index in [4.69, 9.17) is 4.74 Å². The highest BCUT2D eigenvalue weighted by Gasteiger charge is 2.20. The van der Waals surface area contributed by atoms with Crippen LogP contribution < -0.4 is 5.32 Å². The molecule has 3 N–H and O–H groups in total. The molecular formula is C84H161NO5. The summed E-state index contributed by atoms with van der Waals surface area (Å²) < 4.78 is 5.50. The van der Waals surface area contributed by atoms with Crippen LogP contribution in [0.3, 0.4) is 0 Å². The maximum Gasteiger partial charge on any atom is 0.305 e. The average Bonchev–Trinajstić information content (AvgIpc) is 3.68. The van der Waals surface area contributed by atoms with E-state index in [0.717, 1.165) is 51.4 Å². The van der Waals surface area contributed by atoms with Crippen LogP contribution in [0, 0.1) is 0 Å². The molecule has 0 heterocycles. The number of aliphatic hydroxyl groups excluding tert-OH is 2. The molecule has 0 bridgehead atoms. The molecule has 0 radical (unpaired) electrons. The number of aliphatic hydroxyl groups is 2. The zero-order valence-corrected chi connectivity index (χ0v) is 61.1. The minimum Gasteiger partial charge on any atom is -0.466 e. The summed E-state index contributed by atoms with van der Waals surface area (Å²) in [6.07, 6.45) is 104. The summed E-state index contributed by atoms with van der Waals surface area (Å²) in [5.41, 5.74) is 0. The molecule has 0 saturated heterocycles. The van der Waals surface area contributed by atoms with Crippen molar-refractivity contribution < 1.29 is 24.5 Å². The lowest BCUT2D eigenvalue weighted by molar-refractivity contribution is -0.143. The first-order valence-electron chi connectivity index (χ1n) is 41.2. The number of carbonyl (C=O) groups excluding carboxylic acids is 2. The number of rotatable bonds is 78. The zero-order chi connectivity index (χ0) is 64.9. The van der Waals surface area contributed by atoms with Crippen LogP contribution in [0.15, 0.2) is 36.5 Å². The number of unbranched alkanes of at least 4 members (excludes halogenated alkanes) is 61. The van der Waals surface area contributed by atoms with E-state index in [0.29, 0.717) is 25.9 Å². The summed E-state index contributed by atoms with van der Waals surface area (Å²) in [5, 5.41) is 23.5. The van der Waals surface area contributed by atoms with Crippen molar-refractivity contribution in [3.05, 3.63) is 36.5 Å². The van der Waals surface area contributed by atoms with Crippen LogP contribution in [0.5, 0.6) is 0 Å². The fraction of sp³-hybridized carbons (Fsp3) is 0.905. The van der Waals surface area contributed by atoms with Gasteiger partial charge in [-0.2, -0.15) is 0 Å². The van der Waals surface area contributed by atoms with Gasteiger partial charge in [0.15, 0.2) is 0 Å². The Balaban J connectivity index is 3.34. The second kappa shape index (κ2) is 79.5. The first-order chi connectivity index (χ1) is 44.5. The topological polar surface area (TPSA) is 95.9 Å². The highest BCUT2D eigenvalue weighted by molar-refractivity contribution is 5.76. The Bertz CT molecular complexity index is 1460. The summed E-state index contributed by atoms with van der Waals surface area (Å²) in [6.45, 7) is 4.98. The van der Waals surface area contributed by atoms with Gasteiger partial charge in [-0.15, -0.1) is 0 Å². The molecule has 1 amide bonds. The first kappa shape index (κ1) is 88.1. The van der Waals surface area contributed by atoms with Crippen LogP contribution >= 0.6 is 0 Å². The van der Waals surface area contributed by atoms with Crippen molar-refractivity contribution in [3.63, 3.8) is 0 Å². The molecule has 0 aliphatic carbocycles. The quantitative estimate of drug-likeness (QED) is 0.0320. The van der Waals surface area contributed by atoms with Crippen LogP contribution in [0.2, 0.25) is 0 Å². The van der Waals surface area contributed by atoms with Crippen molar-refractivity contribution in [1.29, 1.82) is 0 Å². The molecule has 532 valence electrons. The van der Waals surface area contributed by atoms with Crippen molar-refractivity contribution in [2.75, 3.05) is 13.2 Å². The Morgan fingerprint density at radius 2 is 0.556 bits per heavy atom. The summed E-state index contributed by atoms with van der Waals surface area (Å²) in [7, 11) is 0. The molecule has 2 atom stereocenters. The summed E-state index contributed by atoms with van der Waals surface area (Å²) in [5.74, 6) is -0.0173. The van der Waals surface area contributed by atoms with Gasteiger partial charge in [0.25, 0.3) is 0 Å². The van der Waals surface area contributed by atoms with Gasteiger partial charge in [0, 0.05) is 12.8 Å². The summed E-state index contributed by atoms with van der Waals surface area (Å²) >= 11 is 0. The smallest absolute Gasteiger partial charge is 0.305 e. The number of carbonyl (C=O) groups is 2. The largest absolute Gasteiger partial charge is 0.466 e. The third-order valence-corrected chi connectivity index (χ3v) is 19.4. The average molecular weight is 1270 g/mol. The molecule has 0 rings (SSSR count). The number of nitrogens with one attached hydrogen (secondary N) is 1. The molecule has 0 spiro atoms. The van der Waals surface area contributed by atoms with Crippen LogP contribution in [0.4, 0.5) is 0 Å².